The van der Waals surface area contributed by atoms with Crippen molar-refractivity contribution in [2.75, 3.05) is 0 Å². The summed E-state index contributed by atoms with van der Waals surface area (Å²) >= 11 is 3.50. The maximum Gasteiger partial charge on any atom is 0.0709 e. The van der Waals surface area contributed by atoms with E-state index in [1.165, 1.54) is 11.1 Å². The Morgan fingerprint density at radius 1 is 1.33 bits per heavy atom. The Morgan fingerprint density at radius 2 is 2.08 bits per heavy atom. The Balaban J connectivity index is 2.42. The number of aryl methyl sites for hydroxylation is 1. The lowest BCUT2D eigenvalue weighted by atomic mass is 9.90. The van der Waals surface area contributed by atoms with E-state index in [1.807, 2.05) is 6.07 Å². The number of fused-ring (bicyclic) bond motifs is 1. The lowest BCUT2D eigenvalue weighted by molar-refractivity contribution is 0.157. The zero-order valence-electron chi connectivity index (χ0n) is 6.70. The third-order valence-corrected chi connectivity index (χ3v) is 3.50. The number of rotatable bonds is 0. The minimum absolute atomic E-state index is 0.127. The second kappa shape index (κ2) is 3.19. The van der Waals surface area contributed by atoms with Gasteiger partial charge in [-0.15, -0.1) is 0 Å². The molecular formula is C10H11BrO. The molecular weight excluding hydrogens is 216 g/mol. The number of alkyl halides is 1. The lowest BCUT2D eigenvalue weighted by Gasteiger charge is -2.25. The van der Waals surface area contributed by atoms with Crippen LogP contribution < -0.4 is 0 Å². The van der Waals surface area contributed by atoms with E-state index < -0.39 is 0 Å². The second-order valence-electron chi connectivity index (χ2n) is 3.21. The monoisotopic (exact) mass is 226 g/mol. The summed E-state index contributed by atoms with van der Waals surface area (Å²) in [6.45, 7) is 0. The van der Waals surface area contributed by atoms with Gasteiger partial charge in [0, 0.05) is 0 Å². The molecule has 0 unspecified atom stereocenters. The molecule has 0 aliphatic heterocycles. The number of hydrogen-bond acceptors (Lipinski definition) is 1. The molecule has 1 aliphatic carbocycles. The molecule has 0 fully saturated rings. The topological polar surface area (TPSA) is 20.2 Å². The fraction of sp³-hybridized carbons (Fsp3) is 0.400. The second-order valence-corrected chi connectivity index (χ2v) is 4.19. The van der Waals surface area contributed by atoms with E-state index in [9.17, 15) is 5.11 Å². The van der Waals surface area contributed by atoms with Gasteiger partial charge in [-0.25, -0.2) is 0 Å². The fourth-order valence-electron chi connectivity index (χ4n) is 1.69. The van der Waals surface area contributed by atoms with Crippen molar-refractivity contribution in [3.63, 3.8) is 0 Å². The number of aliphatic hydroxyl groups is 1. The highest BCUT2D eigenvalue weighted by Gasteiger charge is 2.24. The summed E-state index contributed by atoms with van der Waals surface area (Å²) in [5.74, 6) is 0. The van der Waals surface area contributed by atoms with Gasteiger partial charge in [-0.1, -0.05) is 40.2 Å². The van der Waals surface area contributed by atoms with Crippen LogP contribution in [0.2, 0.25) is 0 Å². The van der Waals surface area contributed by atoms with Gasteiger partial charge >= 0.3 is 0 Å². The van der Waals surface area contributed by atoms with E-state index >= 15 is 0 Å². The first kappa shape index (κ1) is 8.27. The van der Waals surface area contributed by atoms with E-state index in [0.717, 1.165) is 12.8 Å². The SMILES string of the molecule is O[C@@H]1CCc2ccccc2[C@H]1Br. The first-order chi connectivity index (χ1) is 5.79. The molecule has 0 radical (unpaired) electrons. The highest BCUT2D eigenvalue weighted by atomic mass is 79.9. The standard InChI is InChI=1S/C10H11BrO/c11-10-8-4-2-1-3-7(8)5-6-9(10)12/h1-4,9-10,12H,5-6H2/t9-,10-/m1/s1. The van der Waals surface area contributed by atoms with Crippen molar-refractivity contribution in [3.8, 4) is 0 Å². The lowest BCUT2D eigenvalue weighted by Crippen LogP contribution is -2.20. The number of aliphatic hydroxyl groups excluding tert-OH is 1. The molecule has 0 bridgehead atoms. The van der Waals surface area contributed by atoms with Gasteiger partial charge in [0.1, 0.15) is 0 Å². The van der Waals surface area contributed by atoms with Gasteiger partial charge in [0.2, 0.25) is 0 Å². The third kappa shape index (κ3) is 1.29. The van der Waals surface area contributed by atoms with Crippen molar-refractivity contribution in [1.29, 1.82) is 0 Å². The van der Waals surface area contributed by atoms with Crippen LogP contribution in [0.15, 0.2) is 24.3 Å². The van der Waals surface area contributed by atoms with E-state index in [2.05, 4.69) is 34.1 Å². The van der Waals surface area contributed by atoms with Crippen LogP contribution in [0.5, 0.6) is 0 Å². The van der Waals surface area contributed by atoms with Crippen LogP contribution >= 0.6 is 15.9 Å². The summed E-state index contributed by atoms with van der Waals surface area (Å²) in [6, 6.07) is 8.29. The molecule has 0 aromatic heterocycles. The highest BCUT2D eigenvalue weighted by Crippen LogP contribution is 2.35. The summed E-state index contributed by atoms with van der Waals surface area (Å²) in [5, 5.41) is 9.58. The van der Waals surface area contributed by atoms with Crippen LogP contribution in [-0.4, -0.2) is 11.2 Å². The molecule has 0 saturated heterocycles. The summed E-state index contributed by atoms with van der Waals surface area (Å²) in [4.78, 5) is 0.127. The molecule has 2 rings (SSSR count). The average Bonchev–Trinajstić information content (AvgIpc) is 2.12. The van der Waals surface area contributed by atoms with E-state index in [-0.39, 0.29) is 10.9 Å². The molecule has 1 aromatic carbocycles. The van der Waals surface area contributed by atoms with Crippen molar-refractivity contribution < 1.29 is 5.11 Å². The molecule has 1 aliphatic rings. The summed E-state index contributed by atoms with van der Waals surface area (Å²) in [7, 11) is 0. The van der Waals surface area contributed by atoms with Gasteiger partial charge in [-0.2, -0.15) is 0 Å². The van der Waals surface area contributed by atoms with Crippen molar-refractivity contribution in [1.82, 2.24) is 0 Å². The Hall–Kier alpha value is -0.340. The fourth-order valence-corrected chi connectivity index (χ4v) is 2.40. The maximum atomic E-state index is 9.58. The molecule has 0 saturated carbocycles. The molecule has 1 aromatic rings. The Kier molecular flexibility index (Phi) is 2.20. The first-order valence-corrected chi connectivity index (χ1v) is 5.10. The summed E-state index contributed by atoms with van der Waals surface area (Å²) < 4.78 is 0. The minimum atomic E-state index is -0.222. The quantitative estimate of drug-likeness (QED) is 0.675. The van der Waals surface area contributed by atoms with Gasteiger partial charge in [0.15, 0.2) is 0 Å². The van der Waals surface area contributed by atoms with Gasteiger partial charge in [0.25, 0.3) is 0 Å². The molecule has 2 heteroatoms. The molecule has 0 spiro atoms. The van der Waals surface area contributed by atoms with Crippen molar-refractivity contribution in [2.24, 2.45) is 0 Å². The number of hydrogen-bond donors (Lipinski definition) is 1. The molecule has 12 heavy (non-hydrogen) atoms. The van der Waals surface area contributed by atoms with Crippen LogP contribution in [0, 0.1) is 0 Å². The van der Waals surface area contributed by atoms with E-state index in [4.69, 9.17) is 0 Å². The Labute approximate surface area is 80.5 Å². The summed E-state index contributed by atoms with van der Waals surface area (Å²) in [6.07, 6.45) is 1.65. The first-order valence-electron chi connectivity index (χ1n) is 4.19. The van der Waals surface area contributed by atoms with E-state index in [1.54, 1.807) is 0 Å². The zero-order chi connectivity index (χ0) is 8.55. The molecule has 2 atom stereocenters. The van der Waals surface area contributed by atoms with Crippen molar-refractivity contribution >= 4 is 15.9 Å². The van der Waals surface area contributed by atoms with Crippen LogP contribution in [0.25, 0.3) is 0 Å². The Morgan fingerprint density at radius 3 is 2.92 bits per heavy atom. The molecule has 0 heterocycles. The minimum Gasteiger partial charge on any atom is -0.392 e. The van der Waals surface area contributed by atoms with Gasteiger partial charge in [-0.3, -0.25) is 0 Å². The molecule has 1 N–H and O–H groups in total. The van der Waals surface area contributed by atoms with Crippen LogP contribution in [-0.2, 0) is 6.42 Å². The molecule has 64 valence electrons. The van der Waals surface area contributed by atoms with Crippen LogP contribution in [0.1, 0.15) is 22.4 Å². The zero-order valence-corrected chi connectivity index (χ0v) is 8.29. The smallest absolute Gasteiger partial charge is 0.0709 e. The molecule has 1 nitrogen and oxygen atoms in total. The molecule has 0 amide bonds. The van der Waals surface area contributed by atoms with Gasteiger partial charge in [0.05, 0.1) is 10.9 Å². The van der Waals surface area contributed by atoms with Crippen molar-refractivity contribution in [2.45, 2.75) is 23.8 Å². The third-order valence-electron chi connectivity index (χ3n) is 2.40. The van der Waals surface area contributed by atoms with Gasteiger partial charge in [-0.05, 0) is 24.0 Å². The Bertz CT molecular complexity index is 285. The van der Waals surface area contributed by atoms with Crippen LogP contribution in [0.3, 0.4) is 0 Å². The summed E-state index contributed by atoms with van der Waals surface area (Å²) in [5.41, 5.74) is 2.61. The maximum absolute atomic E-state index is 9.58. The number of halogens is 1. The number of benzene rings is 1. The average molecular weight is 227 g/mol. The van der Waals surface area contributed by atoms with Crippen LogP contribution in [0.4, 0.5) is 0 Å². The predicted molar refractivity (Wildman–Crippen MR) is 52.4 cm³/mol. The predicted octanol–water partition coefficient (Wildman–Crippen LogP) is 2.43. The van der Waals surface area contributed by atoms with Crippen molar-refractivity contribution in [3.05, 3.63) is 35.4 Å². The normalized spacial score (nSPS) is 28.2. The highest BCUT2D eigenvalue weighted by molar-refractivity contribution is 9.09. The van der Waals surface area contributed by atoms with Gasteiger partial charge < -0.3 is 5.11 Å². The van der Waals surface area contributed by atoms with E-state index in [0.29, 0.717) is 0 Å². The largest absolute Gasteiger partial charge is 0.392 e.